The molecule has 136 valence electrons. The van der Waals surface area contributed by atoms with Crippen LogP contribution in [0.5, 0.6) is 0 Å². The molecule has 0 bridgehead atoms. The molecule has 1 aliphatic heterocycles. The van der Waals surface area contributed by atoms with Crippen LogP contribution in [-0.4, -0.2) is 52.1 Å². The van der Waals surface area contributed by atoms with E-state index in [-0.39, 0.29) is 24.1 Å². The normalized spacial score (nSPS) is 16.7. The van der Waals surface area contributed by atoms with E-state index in [1.54, 1.807) is 23.1 Å². The Morgan fingerprint density at radius 2 is 2.12 bits per heavy atom. The molecule has 3 rings (SSSR count). The Morgan fingerprint density at radius 3 is 2.85 bits per heavy atom. The number of methoxy groups -OCH3 is 1. The van der Waals surface area contributed by atoms with Gasteiger partial charge in [0.05, 0.1) is 17.3 Å². The molecule has 1 aromatic heterocycles. The van der Waals surface area contributed by atoms with E-state index in [2.05, 4.69) is 9.97 Å². The third kappa shape index (κ3) is 3.72. The van der Waals surface area contributed by atoms with E-state index in [1.807, 2.05) is 19.1 Å². The number of aryl methyl sites for hydroxylation is 1. The third-order valence-corrected chi connectivity index (χ3v) is 4.42. The van der Waals surface area contributed by atoms with Crippen LogP contribution in [-0.2, 0) is 9.53 Å². The second kappa shape index (κ2) is 7.61. The number of carboxylic acid groups (broad SMARTS) is 1. The highest BCUT2D eigenvalue weighted by molar-refractivity contribution is 5.89. The molecule has 0 spiro atoms. The minimum Gasteiger partial charge on any atom is -0.478 e. The summed E-state index contributed by atoms with van der Waals surface area (Å²) in [5.41, 5.74) is 2.35. The Hall–Kier alpha value is -2.80. The lowest BCUT2D eigenvalue weighted by atomic mass is 10.1. The molecular formula is C19H21N3O4. The molecule has 0 saturated carbocycles. The first-order valence-electron chi connectivity index (χ1n) is 8.47. The number of amides is 1. The van der Waals surface area contributed by atoms with Crippen LogP contribution in [0.1, 0.15) is 40.8 Å². The number of likely N-dealkylation sites (tertiary alicyclic amines) is 1. The minimum absolute atomic E-state index is 0.0375. The maximum atomic E-state index is 12.3. The number of benzene rings is 1. The van der Waals surface area contributed by atoms with Crippen LogP contribution < -0.4 is 0 Å². The van der Waals surface area contributed by atoms with Crippen molar-refractivity contribution < 1.29 is 19.4 Å². The van der Waals surface area contributed by atoms with Crippen LogP contribution in [0.2, 0.25) is 0 Å². The van der Waals surface area contributed by atoms with Crippen molar-refractivity contribution in [2.75, 3.05) is 20.3 Å². The average Bonchev–Trinajstić information content (AvgIpc) is 3.11. The van der Waals surface area contributed by atoms with E-state index < -0.39 is 5.97 Å². The molecule has 0 unspecified atom stereocenters. The van der Waals surface area contributed by atoms with Crippen molar-refractivity contribution in [1.82, 2.24) is 14.9 Å². The lowest BCUT2D eigenvalue weighted by molar-refractivity contribution is -0.136. The molecule has 1 N–H and O–H groups in total. The first kappa shape index (κ1) is 18.0. The Balaban J connectivity index is 1.96. The molecule has 1 saturated heterocycles. The maximum absolute atomic E-state index is 12.3. The topological polar surface area (TPSA) is 92.6 Å². The van der Waals surface area contributed by atoms with Gasteiger partial charge in [-0.05, 0) is 38.0 Å². The smallest absolute Gasteiger partial charge is 0.335 e. The van der Waals surface area contributed by atoms with Gasteiger partial charge in [0.2, 0.25) is 5.91 Å². The molecule has 1 aliphatic rings. The van der Waals surface area contributed by atoms with Gasteiger partial charge in [-0.2, -0.15) is 0 Å². The highest BCUT2D eigenvalue weighted by Crippen LogP contribution is 2.31. The summed E-state index contributed by atoms with van der Waals surface area (Å²) in [7, 11) is 1.50. The van der Waals surface area contributed by atoms with Gasteiger partial charge in [0.25, 0.3) is 0 Å². The van der Waals surface area contributed by atoms with Gasteiger partial charge in [0.1, 0.15) is 6.61 Å². The highest BCUT2D eigenvalue weighted by Gasteiger charge is 2.32. The third-order valence-electron chi connectivity index (χ3n) is 4.42. The molecule has 1 aromatic carbocycles. The molecule has 2 heterocycles. The minimum atomic E-state index is -0.981. The summed E-state index contributed by atoms with van der Waals surface area (Å²) in [5, 5.41) is 9.20. The number of carbonyl (C=O) groups excluding carboxylic acids is 1. The number of carboxylic acids is 1. The van der Waals surface area contributed by atoms with E-state index in [1.165, 1.54) is 7.11 Å². The number of rotatable bonds is 5. The summed E-state index contributed by atoms with van der Waals surface area (Å²) in [6, 6.07) is 8.29. The number of nitrogens with zero attached hydrogens (tertiary/aromatic N) is 3. The van der Waals surface area contributed by atoms with Crippen LogP contribution in [0.25, 0.3) is 11.3 Å². The number of ether oxygens (including phenoxy) is 1. The fourth-order valence-corrected chi connectivity index (χ4v) is 3.24. The summed E-state index contributed by atoms with van der Waals surface area (Å²) in [5.74, 6) is -0.470. The average molecular weight is 355 g/mol. The van der Waals surface area contributed by atoms with Crippen LogP contribution >= 0.6 is 0 Å². The molecule has 26 heavy (non-hydrogen) atoms. The van der Waals surface area contributed by atoms with Crippen molar-refractivity contribution in [3.05, 3.63) is 47.4 Å². The lowest BCUT2D eigenvalue weighted by Crippen LogP contribution is -2.34. The van der Waals surface area contributed by atoms with E-state index in [0.717, 1.165) is 18.5 Å². The standard InChI is InChI=1S/C19H21N3O4/c1-12-9-15(13-5-3-6-14(10-13)19(24)25)21-18(20-12)16-7-4-8-22(16)17(23)11-26-2/h3,5-6,9-10,16H,4,7-8,11H2,1-2H3,(H,24,25)/t16-/m0/s1. The van der Waals surface area contributed by atoms with Gasteiger partial charge in [0.15, 0.2) is 5.82 Å². The molecule has 1 fully saturated rings. The Morgan fingerprint density at radius 1 is 1.31 bits per heavy atom. The van der Waals surface area contributed by atoms with Crippen molar-refractivity contribution in [2.24, 2.45) is 0 Å². The molecule has 0 aliphatic carbocycles. The second-order valence-electron chi connectivity index (χ2n) is 6.32. The fourth-order valence-electron chi connectivity index (χ4n) is 3.24. The molecule has 2 aromatic rings. The quantitative estimate of drug-likeness (QED) is 0.886. The number of aromatic carboxylic acids is 1. The zero-order chi connectivity index (χ0) is 18.7. The Bertz CT molecular complexity index is 837. The zero-order valence-electron chi connectivity index (χ0n) is 14.8. The van der Waals surface area contributed by atoms with Crippen molar-refractivity contribution in [1.29, 1.82) is 0 Å². The fraction of sp³-hybridized carbons (Fsp3) is 0.368. The largest absolute Gasteiger partial charge is 0.478 e. The Kier molecular flexibility index (Phi) is 5.27. The van der Waals surface area contributed by atoms with Crippen molar-refractivity contribution in [3.8, 4) is 11.3 Å². The first-order chi connectivity index (χ1) is 12.5. The molecule has 7 nitrogen and oxygen atoms in total. The summed E-state index contributed by atoms with van der Waals surface area (Å²) in [6.45, 7) is 2.57. The predicted octanol–water partition coefficient (Wildman–Crippen LogP) is 2.46. The van der Waals surface area contributed by atoms with Gasteiger partial charge < -0.3 is 14.7 Å². The van der Waals surface area contributed by atoms with Gasteiger partial charge in [-0.3, -0.25) is 4.79 Å². The number of hydrogen-bond donors (Lipinski definition) is 1. The second-order valence-corrected chi connectivity index (χ2v) is 6.32. The van der Waals surface area contributed by atoms with E-state index in [4.69, 9.17) is 4.74 Å². The first-order valence-corrected chi connectivity index (χ1v) is 8.47. The van der Waals surface area contributed by atoms with Gasteiger partial charge in [0, 0.05) is 24.9 Å². The zero-order valence-corrected chi connectivity index (χ0v) is 14.8. The lowest BCUT2D eigenvalue weighted by Gasteiger charge is -2.24. The number of carbonyl (C=O) groups is 2. The number of hydrogen-bond acceptors (Lipinski definition) is 5. The van der Waals surface area contributed by atoms with Crippen molar-refractivity contribution in [2.45, 2.75) is 25.8 Å². The van der Waals surface area contributed by atoms with Crippen LogP contribution in [0.15, 0.2) is 30.3 Å². The summed E-state index contributed by atoms with van der Waals surface area (Å²) in [6.07, 6.45) is 1.69. The highest BCUT2D eigenvalue weighted by atomic mass is 16.5. The van der Waals surface area contributed by atoms with Gasteiger partial charge in [-0.25, -0.2) is 14.8 Å². The van der Waals surface area contributed by atoms with Gasteiger partial charge in [-0.15, -0.1) is 0 Å². The summed E-state index contributed by atoms with van der Waals surface area (Å²) >= 11 is 0. The van der Waals surface area contributed by atoms with Gasteiger partial charge >= 0.3 is 5.97 Å². The molecule has 1 amide bonds. The maximum Gasteiger partial charge on any atom is 0.335 e. The monoisotopic (exact) mass is 355 g/mol. The molecule has 0 radical (unpaired) electrons. The van der Waals surface area contributed by atoms with Crippen LogP contribution in [0.3, 0.4) is 0 Å². The van der Waals surface area contributed by atoms with Crippen molar-refractivity contribution >= 4 is 11.9 Å². The molecule has 1 atom stereocenters. The van der Waals surface area contributed by atoms with Crippen LogP contribution in [0, 0.1) is 6.92 Å². The Labute approximate surface area is 151 Å². The summed E-state index contributed by atoms with van der Waals surface area (Å²) in [4.78, 5) is 34.4. The molecule has 7 heteroatoms. The SMILES string of the molecule is COCC(=O)N1CCC[C@H]1c1nc(C)cc(-c2cccc(C(=O)O)c2)n1. The number of aromatic nitrogens is 2. The van der Waals surface area contributed by atoms with E-state index >= 15 is 0 Å². The predicted molar refractivity (Wildman–Crippen MR) is 94.7 cm³/mol. The van der Waals surface area contributed by atoms with Gasteiger partial charge in [-0.1, -0.05) is 12.1 Å². The van der Waals surface area contributed by atoms with E-state index in [9.17, 15) is 14.7 Å². The van der Waals surface area contributed by atoms with Crippen molar-refractivity contribution in [3.63, 3.8) is 0 Å². The van der Waals surface area contributed by atoms with Crippen LogP contribution in [0.4, 0.5) is 0 Å². The summed E-state index contributed by atoms with van der Waals surface area (Å²) < 4.78 is 4.96. The molecular weight excluding hydrogens is 334 g/mol. The van der Waals surface area contributed by atoms with E-state index in [0.29, 0.717) is 23.6 Å².